The van der Waals surface area contributed by atoms with E-state index in [2.05, 4.69) is 18.0 Å². The number of hydrogen-bond acceptors (Lipinski definition) is 2. The number of hydrogen-bond donors (Lipinski definition) is 1. The number of pyridine rings is 1. The highest BCUT2D eigenvalue weighted by Crippen LogP contribution is 2.15. The molecule has 0 spiro atoms. The number of nitrogens with zero attached hydrogens (tertiary/aromatic N) is 1. The van der Waals surface area contributed by atoms with Gasteiger partial charge in [-0.2, -0.15) is 0 Å². The summed E-state index contributed by atoms with van der Waals surface area (Å²) in [6.07, 6.45) is 25.7. The van der Waals surface area contributed by atoms with Crippen LogP contribution in [0.1, 0.15) is 121 Å². The Morgan fingerprint density at radius 3 is 1.59 bits per heavy atom. The average Bonchev–Trinajstić information content (AvgIpc) is 2.68. The number of aromatic nitrogens is 1. The molecule has 1 aromatic heterocycles. The highest BCUT2D eigenvalue weighted by Gasteiger charge is 2.01. The van der Waals surface area contributed by atoms with E-state index < -0.39 is 0 Å². The van der Waals surface area contributed by atoms with Gasteiger partial charge in [0, 0.05) is 12.7 Å². The van der Waals surface area contributed by atoms with Gasteiger partial charge in [-0.05, 0) is 24.5 Å². The molecule has 27 heavy (non-hydrogen) atoms. The minimum absolute atomic E-state index is 0. The van der Waals surface area contributed by atoms with Gasteiger partial charge in [0.05, 0.1) is 5.69 Å². The molecule has 1 heterocycles. The maximum absolute atomic E-state index is 5.75. The molecule has 0 unspecified atom stereocenters. The van der Waals surface area contributed by atoms with Gasteiger partial charge in [0.25, 0.3) is 0 Å². The van der Waals surface area contributed by atoms with Crippen LogP contribution in [-0.2, 0) is 13.0 Å². The molecule has 1 aromatic rings. The summed E-state index contributed by atoms with van der Waals surface area (Å²) < 4.78 is 0. The summed E-state index contributed by atoms with van der Waals surface area (Å²) in [4.78, 5) is 4.36. The molecule has 0 aliphatic rings. The SMILES string of the molecule is CCCCCCCCCCCCCCCCCCc1cccnc1CN.Cl. The molecule has 3 heteroatoms. The Hall–Kier alpha value is -0.600. The number of aryl methyl sites for hydroxylation is 1. The molecule has 0 atom stereocenters. The van der Waals surface area contributed by atoms with Crippen molar-refractivity contribution in [1.82, 2.24) is 4.98 Å². The van der Waals surface area contributed by atoms with Crippen molar-refractivity contribution in [2.45, 2.75) is 123 Å². The molecule has 0 amide bonds. The topological polar surface area (TPSA) is 38.9 Å². The van der Waals surface area contributed by atoms with E-state index >= 15 is 0 Å². The third kappa shape index (κ3) is 15.0. The van der Waals surface area contributed by atoms with Gasteiger partial charge in [-0.25, -0.2) is 0 Å². The molecule has 0 bridgehead atoms. The van der Waals surface area contributed by atoms with Crippen molar-refractivity contribution in [2.75, 3.05) is 0 Å². The number of nitrogens with two attached hydrogens (primary N) is 1. The monoisotopic (exact) mass is 396 g/mol. The van der Waals surface area contributed by atoms with Gasteiger partial charge >= 0.3 is 0 Å². The first kappa shape index (κ1) is 26.4. The van der Waals surface area contributed by atoms with E-state index in [1.165, 1.54) is 108 Å². The van der Waals surface area contributed by atoms with Crippen molar-refractivity contribution >= 4 is 12.4 Å². The summed E-state index contributed by atoms with van der Waals surface area (Å²) in [5.74, 6) is 0. The maximum atomic E-state index is 5.75. The predicted molar refractivity (Wildman–Crippen MR) is 123 cm³/mol. The van der Waals surface area contributed by atoms with E-state index in [1.807, 2.05) is 12.3 Å². The van der Waals surface area contributed by atoms with Crippen molar-refractivity contribution in [1.29, 1.82) is 0 Å². The quantitative estimate of drug-likeness (QED) is 0.257. The van der Waals surface area contributed by atoms with Crippen LogP contribution in [0.4, 0.5) is 0 Å². The molecule has 1 rings (SSSR count). The first-order valence-electron chi connectivity index (χ1n) is 11.5. The second-order valence-corrected chi connectivity index (χ2v) is 7.87. The summed E-state index contributed by atoms with van der Waals surface area (Å²) >= 11 is 0. The summed E-state index contributed by atoms with van der Waals surface area (Å²) in [6.45, 7) is 2.86. The molecule has 0 saturated heterocycles. The fourth-order valence-corrected chi connectivity index (χ4v) is 3.75. The molecular formula is C24H45ClN2. The zero-order valence-electron chi connectivity index (χ0n) is 17.9. The highest BCUT2D eigenvalue weighted by molar-refractivity contribution is 5.85. The number of halogens is 1. The van der Waals surface area contributed by atoms with Crippen molar-refractivity contribution in [3.05, 3.63) is 29.6 Å². The lowest BCUT2D eigenvalue weighted by molar-refractivity contribution is 0.529. The number of unbranched alkanes of at least 4 members (excludes halogenated alkanes) is 15. The van der Waals surface area contributed by atoms with Gasteiger partial charge in [0.15, 0.2) is 0 Å². The third-order valence-corrected chi connectivity index (χ3v) is 5.48. The van der Waals surface area contributed by atoms with E-state index in [-0.39, 0.29) is 12.4 Å². The number of rotatable bonds is 18. The van der Waals surface area contributed by atoms with Crippen molar-refractivity contribution in [3.8, 4) is 0 Å². The van der Waals surface area contributed by atoms with E-state index in [9.17, 15) is 0 Å². The van der Waals surface area contributed by atoms with Crippen molar-refractivity contribution < 1.29 is 0 Å². The zero-order chi connectivity index (χ0) is 18.7. The second kappa shape index (κ2) is 20.1. The van der Waals surface area contributed by atoms with E-state index in [0.29, 0.717) is 6.54 Å². The molecule has 0 saturated carbocycles. The van der Waals surface area contributed by atoms with Crippen molar-refractivity contribution in [2.24, 2.45) is 5.73 Å². The fraction of sp³-hybridized carbons (Fsp3) is 0.792. The lowest BCUT2D eigenvalue weighted by Gasteiger charge is -2.06. The van der Waals surface area contributed by atoms with Crippen LogP contribution in [-0.4, -0.2) is 4.98 Å². The van der Waals surface area contributed by atoms with Gasteiger partial charge in [-0.1, -0.05) is 109 Å². The third-order valence-electron chi connectivity index (χ3n) is 5.48. The Balaban J connectivity index is 0.00000676. The van der Waals surface area contributed by atoms with E-state index in [4.69, 9.17) is 5.73 Å². The van der Waals surface area contributed by atoms with Gasteiger partial charge < -0.3 is 5.73 Å². The maximum Gasteiger partial charge on any atom is 0.0571 e. The molecule has 0 fully saturated rings. The van der Waals surface area contributed by atoms with Crippen LogP contribution in [0.2, 0.25) is 0 Å². The minimum atomic E-state index is 0. The van der Waals surface area contributed by atoms with Gasteiger partial charge in [-0.3, -0.25) is 4.98 Å². The normalized spacial score (nSPS) is 10.7. The standard InChI is InChI=1S/C24H44N2.ClH/c1-2-3-4-5-6-7-8-9-10-11-12-13-14-15-16-17-19-23-20-18-21-26-24(23)22-25;/h18,20-21H,2-17,19,22,25H2,1H3;1H. The molecule has 0 radical (unpaired) electrons. The van der Waals surface area contributed by atoms with Crippen LogP contribution in [0.15, 0.2) is 18.3 Å². The van der Waals surface area contributed by atoms with Crippen molar-refractivity contribution in [3.63, 3.8) is 0 Å². The molecule has 2 nitrogen and oxygen atoms in total. The van der Waals surface area contributed by atoms with Gasteiger partial charge in [-0.15, -0.1) is 12.4 Å². The Morgan fingerprint density at radius 1 is 0.704 bits per heavy atom. The summed E-state index contributed by atoms with van der Waals surface area (Å²) in [5.41, 5.74) is 8.17. The first-order valence-corrected chi connectivity index (χ1v) is 11.5. The Bertz CT molecular complexity index is 423. The molecule has 158 valence electrons. The predicted octanol–water partition coefficient (Wildman–Crippen LogP) is 7.77. The molecular weight excluding hydrogens is 352 g/mol. The van der Waals surface area contributed by atoms with Gasteiger partial charge in [0.1, 0.15) is 0 Å². The van der Waals surface area contributed by atoms with Crippen LogP contribution in [0, 0.1) is 0 Å². The van der Waals surface area contributed by atoms with Crippen LogP contribution in [0.25, 0.3) is 0 Å². The lowest BCUT2D eigenvalue weighted by Crippen LogP contribution is -2.04. The zero-order valence-corrected chi connectivity index (χ0v) is 18.7. The second-order valence-electron chi connectivity index (χ2n) is 7.87. The molecule has 0 aliphatic heterocycles. The summed E-state index contributed by atoms with van der Waals surface area (Å²) in [7, 11) is 0. The summed E-state index contributed by atoms with van der Waals surface area (Å²) in [5, 5.41) is 0. The van der Waals surface area contributed by atoms with Crippen LogP contribution >= 0.6 is 12.4 Å². The molecule has 0 aliphatic carbocycles. The van der Waals surface area contributed by atoms with Gasteiger partial charge in [0.2, 0.25) is 0 Å². The largest absolute Gasteiger partial charge is 0.325 e. The Morgan fingerprint density at radius 2 is 1.15 bits per heavy atom. The van der Waals surface area contributed by atoms with Crippen LogP contribution < -0.4 is 5.73 Å². The van der Waals surface area contributed by atoms with E-state index in [1.54, 1.807) is 0 Å². The Labute approximate surface area is 175 Å². The van der Waals surface area contributed by atoms with Crippen LogP contribution in [0.5, 0.6) is 0 Å². The highest BCUT2D eigenvalue weighted by atomic mass is 35.5. The van der Waals surface area contributed by atoms with Crippen LogP contribution in [0.3, 0.4) is 0 Å². The average molecular weight is 397 g/mol. The minimum Gasteiger partial charge on any atom is -0.325 e. The molecule has 2 N–H and O–H groups in total. The fourth-order valence-electron chi connectivity index (χ4n) is 3.75. The smallest absolute Gasteiger partial charge is 0.0571 e. The van der Waals surface area contributed by atoms with E-state index in [0.717, 1.165) is 12.1 Å². The Kier molecular flexibility index (Phi) is 19.7. The lowest BCUT2D eigenvalue weighted by atomic mass is 10.0. The first-order chi connectivity index (χ1) is 12.9. The molecule has 0 aromatic carbocycles. The summed E-state index contributed by atoms with van der Waals surface area (Å²) in [6, 6.07) is 4.21.